The summed E-state index contributed by atoms with van der Waals surface area (Å²) in [6, 6.07) is 21.8. The molecule has 0 aliphatic carbocycles. The van der Waals surface area contributed by atoms with E-state index in [0.717, 1.165) is 55.0 Å². The first kappa shape index (κ1) is 22.5. The number of anilines is 1. The van der Waals surface area contributed by atoms with Crippen molar-refractivity contribution in [3.63, 3.8) is 0 Å². The van der Waals surface area contributed by atoms with Crippen LogP contribution >= 0.6 is 0 Å². The highest BCUT2D eigenvalue weighted by Gasteiger charge is 2.24. The van der Waals surface area contributed by atoms with Crippen molar-refractivity contribution >= 4 is 22.5 Å². The number of pyridine rings is 1. The van der Waals surface area contributed by atoms with Gasteiger partial charge in [-0.25, -0.2) is 4.79 Å². The molecule has 0 unspecified atom stereocenters. The summed E-state index contributed by atoms with van der Waals surface area (Å²) in [7, 11) is 0. The van der Waals surface area contributed by atoms with Crippen molar-refractivity contribution in [1.82, 2.24) is 14.8 Å². The maximum Gasteiger partial charge on any atom is 0.322 e. The van der Waals surface area contributed by atoms with Gasteiger partial charge in [0, 0.05) is 55.6 Å². The van der Waals surface area contributed by atoms with Crippen molar-refractivity contribution in [2.45, 2.75) is 19.6 Å². The fourth-order valence-corrected chi connectivity index (χ4v) is 5.09. The number of morpholine rings is 1. The van der Waals surface area contributed by atoms with E-state index >= 15 is 0 Å². The second kappa shape index (κ2) is 9.60. The lowest BCUT2D eigenvalue weighted by atomic mass is 10.0. The second-order valence-corrected chi connectivity index (χ2v) is 9.43. The van der Waals surface area contributed by atoms with Gasteiger partial charge in [0.2, 0.25) is 0 Å². The predicted octanol–water partition coefficient (Wildman–Crippen LogP) is 4.58. The molecule has 0 bridgehead atoms. The van der Waals surface area contributed by atoms with Gasteiger partial charge in [-0.1, -0.05) is 48.5 Å². The fraction of sp³-hybridized carbons (Fsp3) is 0.241. The number of H-pyrrole nitrogens is 1. The molecule has 0 saturated carbocycles. The minimum atomic E-state index is -0.108. The van der Waals surface area contributed by atoms with E-state index < -0.39 is 0 Å². The Morgan fingerprint density at radius 1 is 0.917 bits per heavy atom. The van der Waals surface area contributed by atoms with Gasteiger partial charge in [-0.05, 0) is 45.8 Å². The number of rotatable bonds is 4. The Morgan fingerprint density at radius 2 is 1.67 bits per heavy atom. The van der Waals surface area contributed by atoms with E-state index in [1.54, 1.807) is 6.20 Å². The van der Waals surface area contributed by atoms with E-state index in [1.165, 1.54) is 16.7 Å². The molecule has 4 aromatic rings. The molecule has 1 aromatic heterocycles. The summed E-state index contributed by atoms with van der Waals surface area (Å²) in [6.45, 7) is 5.65. The average molecular weight is 481 g/mol. The van der Waals surface area contributed by atoms with Crippen LogP contribution in [0, 0.1) is 0 Å². The lowest BCUT2D eigenvalue weighted by Crippen LogP contribution is -2.35. The van der Waals surface area contributed by atoms with Crippen LogP contribution in [0.25, 0.3) is 21.9 Å². The maximum atomic E-state index is 13.0. The molecular weight excluding hydrogens is 452 g/mol. The van der Waals surface area contributed by atoms with Crippen LogP contribution in [-0.2, 0) is 24.4 Å². The number of aromatic nitrogens is 1. The molecule has 1 saturated heterocycles. The van der Waals surface area contributed by atoms with Gasteiger partial charge in [0.25, 0.3) is 5.56 Å². The molecule has 1 fully saturated rings. The predicted molar refractivity (Wildman–Crippen MR) is 141 cm³/mol. The molecule has 0 radical (unpaired) electrons. The number of benzene rings is 3. The summed E-state index contributed by atoms with van der Waals surface area (Å²) in [5.74, 6) is 0. The summed E-state index contributed by atoms with van der Waals surface area (Å²) in [5.41, 5.74) is 6.27. The molecule has 0 atom stereocenters. The molecule has 3 aromatic carbocycles. The summed E-state index contributed by atoms with van der Waals surface area (Å²) >= 11 is 0. The van der Waals surface area contributed by atoms with Crippen LogP contribution in [-0.4, -0.2) is 47.1 Å². The van der Waals surface area contributed by atoms with Gasteiger partial charge in [-0.2, -0.15) is 0 Å². The summed E-state index contributed by atoms with van der Waals surface area (Å²) in [4.78, 5) is 32.2. The van der Waals surface area contributed by atoms with Crippen LogP contribution < -0.4 is 10.9 Å². The Morgan fingerprint density at radius 3 is 2.47 bits per heavy atom. The number of carbonyl (C=O) groups is 1. The van der Waals surface area contributed by atoms with Crippen molar-refractivity contribution in [2.24, 2.45) is 0 Å². The van der Waals surface area contributed by atoms with E-state index in [9.17, 15) is 9.59 Å². The molecule has 7 nitrogen and oxygen atoms in total. The van der Waals surface area contributed by atoms with E-state index in [-0.39, 0.29) is 11.6 Å². The zero-order valence-electron chi connectivity index (χ0n) is 20.0. The van der Waals surface area contributed by atoms with Gasteiger partial charge in [-0.3, -0.25) is 9.69 Å². The molecule has 0 spiro atoms. The molecule has 2 aliphatic rings. The number of urea groups is 1. The zero-order valence-corrected chi connectivity index (χ0v) is 20.0. The first-order valence-corrected chi connectivity index (χ1v) is 12.3. The number of fused-ring (bicyclic) bond motifs is 2. The van der Waals surface area contributed by atoms with Crippen molar-refractivity contribution in [2.75, 3.05) is 31.6 Å². The Labute approximate surface area is 209 Å². The molecule has 2 aliphatic heterocycles. The number of hydrogen-bond donors (Lipinski definition) is 2. The van der Waals surface area contributed by atoms with Crippen LogP contribution in [0.2, 0.25) is 0 Å². The first-order chi connectivity index (χ1) is 17.6. The monoisotopic (exact) mass is 480 g/mol. The molecule has 182 valence electrons. The first-order valence-electron chi connectivity index (χ1n) is 12.3. The number of nitrogens with zero attached hydrogens (tertiary/aromatic N) is 2. The maximum absolute atomic E-state index is 13.0. The van der Waals surface area contributed by atoms with Crippen LogP contribution in [0.15, 0.2) is 77.7 Å². The van der Waals surface area contributed by atoms with Crippen LogP contribution in [0.1, 0.15) is 16.7 Å². The van der Waals surface area contributed by atoms with Crippen molar-refractivity contribution < 1.29 is 9.53 Å². The Bertz CT molecular complexity index is 1470. The van der Waals surface area contributed by atoms with E-state index in [2.05, 4.69) is 33.4 Å². The Balaban J connectivity index is 1.12. The van der Waals surface area contributed by atoms with Crippen molar-refractivity contribution in [3.05, 3.63) is 100.0 Å². The molecule has 36 heavy (non-hydrogen) atoms. The van der Waals surface area contributed by atoms with Crippen LogP contribution in [0.3, 0.4) is 0 Å². The van der Waals surface area contributed by atoms with E-state index in [1.807, 2.05) is 53.4 Å². The van der Waals surface area contributed by atoms with Gasteiger partial charge in [0.05, 0.1) is 13.2 Å². The third kappa shape index (κ3) is 4.51. The molecule has 2 N–H and O–H groups in total. The molecule has 6 rings (SSSR count). The number of ether oxygens (including phenoxy) is 1. The Kier molecular flexibility index (Phi) is 6.01. The van der Waals surface area contributed by atoms with E-state index in [4.69, 9.17) is 4.74 Å². The number of amides is 2. The van der Waals surface area contributed by atoms with Crippen LogP contribution in [0.5, 0.6) is 0 Å². The SMILES string of the molecule is O=C(Nc1ccc(-c2c[nH]c(=O)c3ccccc23)cc1)N1Cc2ccc(CN3CCOCC3)cc2C1. The number of nitrogens with one attached hydrogen (secondary N) is 2. The van der Waals surface area contributed by atoms with E-state index in [0.29, 0.717) is 18.5 Å². The zero-order chi connectivity index (χ0) is 24.5. The lowest BCUT2D eigenvalue weighted by Gasteiger charge is -2.26. The van der Waals surface area contributed by atoms with Gasteiger partial charge < -0.3 is 19.9 Å². The Hall–Kier alpha value is -3.94. The van der Waals surface area contributed by atoms with Gasteiger partial charge >= 0.3 is 6.03 Å². The topological polar surface area (TPSA) is 77.7 Å². The minimum absolute atomic E-state index is 0.0990. The largest absolute Gasteiger partial charge is 0.379 e. The third-order valence-electron chi connectivity index (χ3n) is 7.05. The highest BCUT2D eigenvalue weighted by molar-refractivity contribution is 5.96. The number of aromatic amines is 1. The smallest absolute Gasteiger partial charge is 0.322 e. The summed E-state index contributed by atoms with van der Waals surface area (Å²) in [6.07, 6.45) is 1.74. The van der Waals surface area contributed by atoms with Gasteiger partial charge in [-0.15, -0.1) is 0 Å². The highest BCUT2D eigenvalue weighted by atomic mass is 16.5. The normalized spacial score (nSPS) is 15.7. The van der Waals surface area contributed by atoms with Crippen LogP contribution in [0.4, 0.5) is 10.5 Å². The standard InChI is InChI=1S/C29H28N4O3/c34-28-26-4-2-1-3-25(26)27(16-30-28)21-7-9-24(10-8-21)31-29(35)33-18-22-6-5-20(15-23(22)19-33)17-32-11-13-36-14-12-32/h1-10,15-16H,11-14,17-19H2,(H,30,34)(H,31,35). The quantitative estimate of drug-likeness (QED) is 0.448. The van der Waals surface area contributed by atoms with Gasteiger partial charge in [0.1, 0.15) is 0 Å². The number of hydrogen-bond acceptors (Lipinski definition) is 4. The molecular formula is C29H28N4O3. The second-order valence-electron chi connectivity index (χ2n) is 9.43. The summed E-state index contributed by atoms with van der Waals surface area (Å²) < 4.78 is 5.45. The average Bonchev–Trinajstić information content (AvgIpc) is 3.34. The van der Waals surface area contributed by atoms with Crippen molar-refractivity contribution in [3.8, 4) is 11.1 Å². The van der Waals surface area contributed by atoms with Gasteiger partial charge in [0.15, 0.2) is 0 Å². The third-order valence-corrected chi connectivity index (χ3v) is 7.05. The summed E-state index contributed by atoms with van der Waals surface area (Å²) in [5, 5.41) is 4.60. The molecule has 7 heteroatoms. The minimum Gasteiger partial charge on any atom is -0.379 e. The highest BCUT2D eigenvalue weighted by Crippen LogP contribution is 2.28. The molecule has 2 amide bonds. The van der Waals surface area contributed by atoms with Crippen molar-refractivity contribution in [1.29, 1.82) is 0 Å². The fourth-order valence-electron chi connectivity index (χ4n) is 5.09. The lowest BCUT2D eigenvalue weighted by molar-refractivity contribution is 0.0342. The number of carbonyl (C=O) groups excluding carboxylic acids is 1. The molecule has 3 heterocycles.